The molecule has 0 heterocycles. The van der Waals surface area contributed by atoms with Crippen molar-refractivity contribution in [3.05, 3.63) is 54.1 Å². The second-order valence-electron chi connectivity index (χ2n) is 4.46. The van der Waals surface area contributed by atoms with E-state index in [1.54, 1.807) is 24.3 Å². The van der Waals surface area contributed by atoms with Gasteiger partial charge < -0.3 is 10.1 Å². The predicted molar refractivity (Wildman–Crippen MR) is 82.2 cm³/mol. The molecule has 1 amide bonds. The van der Waals surface area contributed by atoms with Gasteiger partial charge in [0.15, 0.2) is 5.78 Å². The fourth-order valence-corrected chi connectivity index (χ4v) is 1.79. The van der Waals surface area contributed by atoms with Crippen molar-refractivity contribution in [2.45, 2.75) is 6.92 Å². The van der Waals surface area contributed by atoms with Crippen LogP contribution in [0.25, 0.3) is 0 Å². The van der Waals surface area contributed by atoms with E-state index >= 15 is 0 Å². The fraction of sp³-hybridized carbons (Fsp3) is 0.125. The Morgan fingerprint density at radius 2 is 1.62 bits per heavy atom. The maximum Gasteiger partial charge on any atom is 0.411 e. The molecule has 0 saturated carbocycles. The summed E-state index contributed by atoms with van der Waals surface area (Å²) in [6, 6.07) is 14.4. The van der Waals surface area contributed by atoms with Crippen molar-refractivity contribution in [3.63, 3.8) is 0 Å². The molecule has 0 aliphatic heterocycles. The molecule has 2 aromatic carbocycles. The van der Waals surface area contributed by atoms with Gasteiger partial charge in [0, 0.05) is 22.6 Å². The van der Waals surface area contributed by atoms with Crippen LogP contribution in [0.1, 0.15) is 17.3 Å². The number of methoxy groups -OCH3 is 1. The minimum absolute atomic E-state index is 0.0243. The van der Waals surface area contributed by atoms with Crippen molar-refractivity contribution in [2.75, 3.05) is 17.7 Å². The first kappa shape index (κ1) is 14.6. The van der Waals surface area contributed by atoms with Crippen molar-refractivity contribution in [2.24, 2.45) is 0 Å². The van der Waals surface area contributed by atoms with Gasteiger partial charge in [-0.05, 0) is 43.3 Å². The lowest BCUT2D eigenvalue weighted by atomic mass is 10.1. The first-order valence-electron chi connectivity index (χ1n) is 6.41. The fourth-order valence-electron chi connectivity index (χ4n) is 1.79. The van der Waals surface area contributed by atoms with Gasteiger partial charge in [0.1, 0.15) is 0 Å². The van der Waals surface area contributed by atoms with Crippen molar-refractivity contribution in [1.29, 1.82) is 0 Å². The average molecular weight is 284 g/mol. The topological polar surface area (TPSA) is 67.4 Å². The summed E-state index contributed by atoms with van der Waals surface area (Å²) in [4.78, 5) is 22.4. The number of hydrogen-bond donors (Lipinski definition) is 2. The summed E-state index contributed by atoms with van der Waals surface area (Å²) in [5, 5.41) is 5.77. The largest absolute Gasteiger partial charge is 0.453 e. The molecule has 108 valence electrons. The van der Waals surface area contributed by atoms with Gasteiger partial charge >= 0.3 is 6.09 Å². The number of amides is 1. The van der Waals surface area contributed by atoms with E-state index in [-0.39, 0.29) is 5.78 Å². The molecule has 2 aromatic rings. The number of ketones is 1. The molecule has 2 N–H and O–H groups in total. The number of benzene rings is 2. The Labute approximate surface area is 122 Å². The highest BCUT2D eigenvalue weighted by Gasteiger charge is 2.02. The van der Waals surface area contributed by atoms with Gasteiger partial charge in [0.05, 0.1) is 7.11 Å². The maximum absolute atomic E-state index is 11.3. The minimum atomic E-state index is -0.509. The number of carbonyl (C=O) groups excluding carboxylic acids is 2. The molecule has 0 atom stereocenters. The predicted octanol–water partition coefficient (Wildman–Crippen LogP) is 3.81. The lowest BCUT2D eigenvalue weighted by molar-refractivity contribution is 0.101. The lowest BCUT2D eigenvalue weighted by Gasteiger charge is -2.09. The van der Waals surface area contributed by atoms with Crippen molar-refractivity contribution >= 4 is 28.9 Å². The van der Waals surface area contributed by atoms with Crippen LogP contribution < -0.4 is 10.6 Å². The molecule has 5 nitrogen and oxygen atoms in total. The molecule has 0 fully saturated rings. The molecule has 0 aliphatic carbocycles. The SMILES string of the molecule is COC(=O)Nc1ccc(Nc2cccc(C(C)=O)c2)cc1. The maximum atomic E-state index is 11.3. The van der Waals surface area contributed by atoms with Crippen LogP contribution >= 0.6 is 0 Å². The quantitative estimate of drug-likeness (QED) is 0.838. The number of rotatable bonds is 4. The summed E-state index contributed by atoms with van der Waals surface area (Å²) in [5.74, 6) is 0.0243. The second-order valence-corrected chi connectivity index (χ2v) is 4.46. The summed E-state index contributed by atoms with van der Waals surface area (Å²) in [5.41, 5.74) is 2.98. The Bertz CT molecular complexity index is 651. The van der Waals surface area contributed by atoms with Crippen LogP contribution in [0.15, 0.2) is 48.5 Å². The Morgan fingerprint density at radius 1 is 0.952 bits per heavy atom. The summed E-state index contributed by atoms with van der Waals surface area (Å²) in [7, 11) is 1.31. The van der Waals surface area contributed by atoms with Gasteiger partial charge in [-0.25, -0.2) is 4.79 Å². The van der Waals surface area contributed by atoms with E-state index in [1.165, 1.54) is 14.0 Å². The highest BCUT2D eigenvalue weighted by atomic mass is 16.5. The number of hydrogen-bond acceptors (Lipinski definition) is 4. The third-order valence-electron chi connectivity index (χ3n) is 2.87. The van der Waals surface area contributed by atoms with Crippen LogP contribution in [0.2, 0.25) is 0 Å². The Hall–Kier alpha value is -2.82. The van der Waals surface area contributed by atoms with E-state index in [1.807, 2.05) is 24.3 Å². The highest BCUT2D eigenvalue weighted by molar-refractivity contribution is 5.95. The Kier molecular flexibility index (Phi) is 4.56. The Balaban J connectivity index is 2.08. The van der Waals surface area contributed by atoms with E-state index in [4.69, 9.17) is 0 Å². The van der Waals surface area contributed by atoms with Crippen molar-refractivity contribution in [3.8, 4) is 0 Å². The van der Waals surface area contributed by atoms with Crippen LogP contribution in [0.4, 0.5) is 21.9 Å². The molecule has 0 unspecified atom stereocenters. The van der Waals surface area contributed by atoms with Crippen LogP contribution in [-0.4, -0.2) is 19.0 Å². The van der Waals surface area contributed by atoms with E-state index in [0.29, 0.717) is 11.3 Å². The number of nitrogens with one attached hydrogen (secondary N) is 2. The molecule has 0 spiro atoms. The van der Waals surface area contributed by atoms with Crippen LogP contribution in [0.3, 0.4) is 0 Å². The summed E-state index contributed by atoms with van der Waals surface area (Å²) in [6.45, 7) is 1.53. The summed E-state index contributed by atoms with van der Waals surface area (Å²) >= 11 is 0. The average Bonchev–Trinajstić information content (AvgIpc) is 2.49. The smallest absolute Gasteiger partial charge is 0.411 e. The van der Waals surface area contributed by atoms with Gasteiger partial charge in [-0.1, -0.05) is 12.1 Å². The monoisotopic (exact) mass is 284 g/mol. The number of carbonyl (C=O) groups is 2. The summed E-state index contributed by atoms with van der Waals surface area (Å²) < 4.78 is 4.52. The summed E-state index contributed by atoms with van der Waals surface area (Å²) in [6.07, 6.45) is -0.509. The molecular weight excluding hydrogens is 268 g/mol. The molecule has 5 heteroatoms. The molecule has 0 radical (unpaired) electrons. The first-order chi connectivity index (χ1) is 10.1. The molecule has 0 aliphatic rings. The molecule has 0 aromatic heterocycles. The third-order valence-corrected chi connectivity index (χ3v) is 2.87. The molecule has 2 rings (SSSR count). The van der Waals surface area contributed by atoms with Gasteiger partial charge in [0.25, 0.3) is 0 Å². The molecule has 0 bridgehead atoms. The second kappa shape index (κ2) is 6.56. The number of Topliss-reactive ketones (excluding diaryl/α,β-unsaturated/α-hetero) is 1. The molecular formula is C16H16N2O3. The lowest BCUT2D eigenvalue weighted by Crippen LogP contribution is -2.10. The third kappa shape index (κ3) is 4.07. The number of anilines is 3. The van der Waals surface area contributed by atoms with E-state index < -0.39 is 6.09 Å². The minimum Gasteiger partial charge on any atom is -0.453 e. The van der Waals surface area contributed by atoms with Gasteiger partial charge in [-0.3, -0.25) is 10.1 Å². The standard InChI is InChI=1S/C16H16N2O3/c1-11(19)12-4-3-5-15(10-12)17-13-6-8-14(9-7-13)18-16(20)21-2/h3-10,17H,1-2H3,(H,18,20). The first-order valence-corrected chi connectivity index (χ1v) is 6.41. The van der Waals surface area contributed by atoms with E-state index in [0.717, 1.165) is 11.4 Å². The zero-order chi connectivity index (χ0) is 15.2. The zero-order valence-electron chi connectivity index (χ0n) is 11.8. The zero-order valence-corrected chi connectivity index (χ0v) is 11.8. The normalized spacial score (nSPS) is 9.81. The van der Waals surface area contributed by atoms with Crippen molar-refractivity contribution < 1.29 is 14.3 Å². The van der Waals surface area contributed by atoms with E-state index in [2.05, 4.69) is 15.4 Å². The van der Waals surface area contributed by atoms with Crippen molar-refractivity contribution in [1.82, 2.24) is 0 Å². The Morgan fingerprint density at radius 3 is 2.24 bits per heavy atom. The number of ether oxygens (including phenoxy) is 1. The van der Waals surface area contributed by atoms with E-state index in [9.17, 15) is 9.59 Å². The van der Waals surface area contributed by atoms with Crippen LogP contribution in [0.5, 0.6) is 0 Å². The van der Waals surface area contributed by atoms with Gasteiger partial charge in [-0.2, -0.15) is 0 Å². The van der Waals surface area contributed by atoms with Gasteiger partial charge in [-0.15, -0.1) is 0 Å². The van der Waals surface area contributed by atoms with Crippen LogP contribution in [-0.2, 0) is 4.74 Å². The van der Waals surface area contributed by atoms with Crippen LogP contribution in [0, 0.1) is 0 Å². The molecule has 21 heavy (non-hydrogen) atoms. The van der Waals surface area contributed by atoms with Gasteiger partial charge in [0.2, 0.25) is 0 Å². The highest BCUT2D eigenvalue weighted by Crippen LogP contribution is 2.20. The molecule has 0 saturated heterocycles.